The zero-order valence-electron chi connectivity index (χ0n) is 8.68. The third-order valence-corrected chi connectivity index (χ3v) is 3.14. The Labute approximate surface area is 101 Å². The van der Waals surface area contributed by atoms with E-state index >= 15 is 0 Å². The van der Waals surface area contributed by atoms with E-state index in [2.05, 4.69) is 20.3 Å². The molecule has 3 rings (SSSR count). The monoisotopic (exact) mass is 244 g/mol. The maximum absolute atomic E-state index is 11.7. The van der Waals surface area contributed by atoms with Gasteiger partial charge in [0.15, 0.2) is 0 Å². The van der Waals surface area contributed by atoms with Gasteiger partial charge in [0.1, 0.15) is 5.69 Å². The second-order valence-corrected chi connectivity index (χ2v) is 4.34. The van der Waals surface area contributed by atoms with Crippen LogP contribution in [0.3, 0.4) is 0 Å². The molecular formula is C11H8N4OS. The number of hydrogen-bond donors (Lipinski definition) is 2. The Bertz CT molecular complexity index is 659. The van der Waals surface area contributed by atoms with Crippen LogP contribution < -0.4 is 5.32 Å². The van der Waals surface area contributed by atoms with Crippen LogP contribution in [0.25, 0.3) is 10.2 Å². The minimum Gasteiger partial charge on any atom is -0.341 e. The zero-order chi connectivity index (χ0) is 11.7. The van der Waals surface area contributed by atoms with Crippen LogP contribution in [0, 0.1) is 0 Å². The van der Waals surface area contributed by atoms with Gasteiger partial charge in [-0.15, -0.1) is 11.3 Å². The molecule has 0 saturated heterocycles. The average molecular weight is 244 g/mol. The van der Waals surface area contributed by atoms with E-state index < -0.39 is 0 Å². The highest BCUT2D eigenvalue weighted by Crippen LogP contribution is 2.21. The Morgan fingerprint density at radius 3 is 3.18 bits per heavy atom. The number of rotatable bonds is 2. The molecule has 84 valence electrons. The molecule has 0 saturated carbocycles. The number of hydrogen-bond acceptors (Lipinski definition) is 4. The van der Waals surface area contributed by atoms with Gasteiger partial charge in [0.05, 0.1) is 28.3 Å². The van der Waals surface area contributed by atoms with Crippen molar-refractivity contribution < 1.29 is 4.79 Å². The molecule has 3 aromatic rings. The lowest BCUT2D eigenvalue weighted by Crippen LogP contribution is -2.11. The number of carbonyl (C=O) groups excluding carboxylic acids is 1. The van der Waals surface area contributed by atoms with E-state index in [1.54, 1.807) is 16.8 Å². The quantitative estimate of drug-likeness (QED) is 0.726. The molecule has 1 aromatic carbocycles. The van der Waals surface area contributed by atoms with Gasteiger partial charge >= 0.3 is 0 Å². The molecule has 2 N–H and O–H groups in total. The lowest BCUT2D eigenvalue weighted by Gasteiger charge is -2.02. The van der Waals surface area contributed by atoms with Crippen molar-refractivity contribution >= 4 is 33.1 Å². The number of fused-ring (bicyclic) bond motifs is 1. The fourth-order valence-corrected chi connectivity index (χ4v) is 2.17. The smallest absolute Gasteiger partial charge is 0.273 e. The molecule has 0 aliphatic carbocycles. The number of benzene rings is 1. The van der Waals surface area contributed by atoms with E-state index in [-0.39, 0.29) is 5.91 Å². The molecule has 0 aliphatic heterocycles. The summed E-state index contributed by atoms with van der Waals surface area (Å²) < 4.78 is 1.10. The van der Waals surface area contributed by atoms with Crippen molar-refractivity contribution in [1.82, 2.24) is 15.0 Å². The minimum atomic E-state index is -0.211. The van der Waals surface area contributed by atoms with E-state index in [0.29, 0.717) is 5.69 Å². The molecule has 0 radical (unpaired) electrons. The fraction of sp³-hybridized carbons (Fsp3) is 0. The Morgan fingerprint density at radius 2 is 2.35 bits per heavy atom. The summed E-state index contributed by atoms with van der Waals surface area (Å²) in [5, 5.41) is 2.78. The van der Waals surface area contributed by atoms with E-state index in [0.717, 1.165) is 15.9 Å². The highest BCUT2D eigenvalue weighted by molar-refractivity contribution is 7.16. The SMILES string of the molecule is O=C(Nc1ccc2scnc2c1)c1cnc[nH]1. The number of carbonyl (C=O) groups is 1. The number of nitrogens with one attached hydrogen (secondary N) is 2. The predicted octanol–water partition coefficient (Wildman–Crippen LogP) is 2.27. The second kappa shape index (κ2) is 3.99. The highest BCUT2D eigenvalue weighted by Gasteiger charge is 2.07. The molecule has 0 atom stereocenters. The number of H-pyrrole nitrogens is 1. The number of aromatic nitrogens is 3. The van der Waals surface area contributed by atoms with Gasteiger partial charge in [0, 0.05) is 5.69 Å². The van der Waals surface area contributed by atoms with Crippen LogP contribution in [0.2, 0.25) is 0 Å². The van der Waals surface area contributed by atoms with Crippen LogP contribution in [-0.2, 0) is 0 Å². The first-order chi connectivity index (χ1) is 8.33. The lowest BCUT2D eigenvalue weighted by atomic mass is 10.3. The highest BCUT2D eigenvalue weighted by atomic mass is 32.1. The summed E-state index contributed by atoms with van der Waals surface area (Å²) in [6, 6.07) is 5.64. The van der Waals surface area contributed by atoms with Crippen LogP contribution in [0.5, 0.6) is 0 Å². The Balaban J connectivity index is 1.87. The number of thiazole rings is 1. The molecule has 0 aliphatic rings. The zero-order valence-corrected chi connectivity index (χ0v) is 9.49. The van der Waals surface area contributed by atoms with Gasteiger partial charge < -0.3 is 10.3 Å². The van der Waals surface area contributed by atoms with Crippen LogP contribution in [0.15, 0.2) is 36.2 Å². The van der Waals surface area contributed by atoms with Crippen LogP contribution in [0.4, 0.5) is 5.69 Å². The van der Waals surface area contributed by atoms with Crippen molar-refractivity contribution in [3.8, 4) is 0 Å². The molecular weight excluding hydrogens is 236 g/mol. The summed E-state index contributed by atoms with van der Waals surface area (Å²) in [7, 11) is 0. The molecule has 6 heteroatoms. The number of imidazole rings is 1. The van der Waals surface area contributed by atoms with Crippen molar-refractivity contribution in [2.75, 3.05) is 5.32 Å². The molecule has 2 aromatic heterocycles. The third-order valence-electron chi connectivity index (χ3n) is 2.33. The summed E-state index contributed by atoms with van der Waals surface area (Å²) in [5.41, 5.74) is 3.83. The van der Waals surface area contributed by atoms with Crippen molar-refractivity contribution in [3.05, 3.63) is 41.9 Å². The van der Waals surface area contributed by atoms with Crippen LogP contribution in [-0.4, -0.2) is 20.9 Å². The van der Waals surface area contributed by atoms with Crippen molar-refractivity contribution in [2.24, 2.45) is 0 Å². The Morgan fingerprint density at radius 1 is 1.41 bits per heavy atom. The Kier molecular flexibility index (Phi) is 2.34. The number of aromatic amines is 1. The molecule has 0 spiro atoms. The number of anilines is 1. The van der Waals surface area contributed by atoms with Crippen molar-refractivity contribution in [2.45, 2.75) is 0 Å². The summed E-state index contributed by atoms with van der Waals surface area (Å²) in [5.74, 6) is -0.211. The molecule has 0 unspecified atom stereocenters. The standard InChI is InChI=1S/C11H8N4OS/c16-11(9-4-12-5-13-9)15-7-1-2-10-8(3-7)14-6-17-10/h1-6H,(H,12,13)(H,15,16). The maximum Gasteiger partial charge on any atom is 0.273 e. The first kappa shape index (κ1) is 9.98. The van der Waals surface area contributed by atoms with Crippen molar-refractivity contribution in [1.29, 1.82) is 0 Å². The van der Waals surface area contributed by atoms with Gasteiger partial charge in [-0.2, -0.15) is 0 Å². The van der Waals surface area contributed by atoms with Gasteiger partial charge in [-0.05, 0) is 18.2 Å². The topological polar surface area (TPSA) is 70.7 Å². The Hall–Kier alpha value is -2.21. The molecule has 1 amide bonds. The summed E-state index contributed by atoms with van der Waals surface area (Å²) in [6.07, 6.45) is 2.95. The number of amides is 1. The van der Waals surface area contributed by atoms with E-state index in [1.807, 2.05) is 18.2 Å². The van der Waals surface area contributed by atoms with E-state index in [4.69, 9.17) is 0 Å². The molecule has 2 heterocycles. The lowest BCUT2D eigenvalue weighted by molar-refractivity contribution is 0.102. The summed E-state index contributed by atoms with van der Waals surface area (Å²) in [4.78, 5) is 22.5. The molecule has 17 heavy (non-hydrogen) atoms. The largest absolute Gasteiger partial charge is 0.341 e. The first-order valence-corrected chi connectivity index (χ1v) is 5.84. The van der Waals surface area contributed by atoms with E-state index in [9.17, 15) is 4.79 Å². The minimum absolute atomic E-state index is 0.211. The van der Waals surface area contributed by atoms with Crippen LogP contribution >= 0.6 is 11.3 Å². The predicted molar refractivity (Wildman–Crippen MR) is 66.2 cm³/mol. The average Bonchev–Trinajstić information content (AvgIpc) is 2.99. The van der Waals surface area contributed by atoms with Gasteiger partial charge in [-0.25, -0.2) is 9.97 Å². The molecule has 0 bridgehead atoms. The second-order valence-electron chi connectivity index (χ2n) is 3.45. The summed E-state index contributed by atoms with van der Waals surface area (Å²) >= 11 is 1.57. The molecule has 5 nitrogen and oxygen atoms in total. The van der Waals surface area contributed by atoms with Gasteiger partial charge in [-0.1, -0.05) is 0 Å². The third kappa shape index (κ3) is 1.90. The normalized spacial score (nSPS) is 10.6. The van der Waals surface area contributed by atoms with Crippen molar-refractivity contribution in [3.63, 3.8) is 0 Å². The molecule has 0 fully saturated rings. The first-order valence-electron chi connectivity index (χ1n) is 4.96. The van der Waals surface area contributed by atoms with Gasteiger partial charge in [0.2, 0.25) is 0 Å². The van der Waals surface area contributed by atoms with Gasteiger partial charge in [-0.3, -0.25) is 4.79 Å². The number of nitrogens with zero attached hydrogens (tertiary/aromatic N) is 2. The van der Waals surface area contributed by atoms with Gasteiger partial charge in [0.25, 0.3) is 5.91 Å². The fourth-order valence-electron chi connectivity index (χ4n) is 1.51. The summed E-state index contributed by atoms with van der Waals surface area (Å²) in [6.45, 7) is 0. The van der Waals surface area contributed by atoms with E-state index in [1.165, 1.54) is 12.5 Å². The maximum atomic E-state index is 11.7. The van der Waals surface area contributed by atoms with Crippen LogP contribution in [0.1, 0.15) is 10.5 Å².